The number of aryl methyl sites for hydroxylation is 1. The van der Waals surface area contributed by atoms with Gasteiger partial charge in [-0.15, -0.1) is 0 Å². The highest BCUT2D eigenvalue weighted by Gasteiger charge is 1.98. The van der Waals surface area contributed by atoms with Crippen LogP contribution in [-0.2, 0) is 0 Å². The topological polar surface area (TPSA) is 41.5 Å². The van der Waals surface area contributed by atoms with E-state index in [0.29, 0.717) is 6.61 Å². The van der Waals surface area contributed by atoms with Crippen molar-refractivity contribution in [2.24, 2.45) is 0 Å². The summed E-state index contributed by atoms with van der Waals surface area (Å²) < 4.78 is 5.20. The van der Waals surface area contributed by atoms with E-state index in [9.17, 15) is 0 Å². The smallest absolute Gasteiger partial charge is 0.121 e. The number of aliphatic hydroxyl groups is 1. The maximum absolute atomic E-state index is 8.64. The zero-order valence-corrected chi connectivity index (χ0v) is 10.1. The van der Waals surface area contributed by atoms with Gasteiger partial charge in [-0.1, -0.05) is 0 Å². The van der Waals surface area contributed by atoms with Gasteiger partial charge in [0, 0.05) is 18.8 Å². The molecule has 1 aromatic rings. The van der Waals surface area contributed by atoms with Crippen molar-refractivity contribution in [1.29, 1.82) is 0 Å². The molecule has 0 radical (unpaired) electrons. The monoisotopic (exact) mass is 223 g/mol. The van der Waals surface area contributed by atoms with Gasteiger partial charge in [-0.2, -0.15) is 0 Å². The Morgan fingerprint density at radius 1 is 1.25 bits per heavy atom. The van der Waals surface area contributed by atoms with Crippen molar-refractivity contribution in [3.63, 3.8) is 0 Å². The standard InChI is InChI=1S/C13H21NO2/c1-11-10-12(6-7-13(11)16-2)14-8-4-3-5-9-15/h6-7,10,14-15H,3-5,8-9H2,1-2H3. The number of ether oxygens (including phenoxy) is 1. The fourth-order valence-electron chi connectivity index (χ4n) is 1.63. The Morgan fingerprint density at radius 2 is 2.06 bits per heavy atom. The van der Waals surface area contributed by atoms with Crippen molar-refractivity contribution in [2.75, 3.05) is 25.6 Å². The van der Waals surface area contributed by atoms with Gasteiger partial charge in [-0.05, 0) is 49.9 Å². The molecule has 0 heterocycles. The summed E-state index contributed by atoms with van der Waals surface area (Å²) in [5.41, 5.74) is 2.27. The molecule has 0 fully saturated rings. The molecule has 0 aromatic heterocycles. The van der Waals surface area contributed by atoms with Crippen LogP contribution in [0.15, 0.2) is 18.2 Å². The van der Waals surface area contributed by atoms with Crippen molar-refractivity contribution in [3.05, 3.63) is 23.8 Å². The average molecular weight is 223 g/mol. The van der Waals surface area contributed by atoms with Crippen LogP contribution in [0.1, 0.15) is 24.8 Å². The lowest BCUT2D eigenvalue weighted by atomic mass is 10.2. The van der Waals surface area contributed by atoms with Crippen LogP contribution in [0.4, 0.5) is 5.69 Å². The van der Waals surface area contributed by atoms with Crippen molar-refractivity contribution >= 4 is 5.69 Å². The highest BCUT2D eigenvalue weighted by atomic mass is 16.5. The lowest BCUT2D eigenvalue weighted by Gasteiger charge is -2.09. The van der Waals surface area contributed by atoms with Gasteiger partial charge < -0.3 is 15.2 Å². The van der Waals surface area contributed by atoms with E-state index >= 15 is 0 Å². The van der Waals surface area contributed by atoms with E-state index in [4.69, 9.17) is 9.84 Å². The van der Waals surface area contributed by atoms with E-state index in [-0.39, 0.29) is 0 Å². The largest absolute Gasteiger partial charge is 0.496 e. The molecule has 0 amide bonds. The summed E-state index contributed by atoms with van der Waals surface area (Å²) in [6.45, 7) is 3.28. The van der Waals surface area contributed by atoms with Gasteiger partial charge >= 0.3 is 0 Å². The Hall–Kier alpha value is -1.22. The highest BCUT2D eigenvalue weighted by molar-refractivity contribution is 5.50. The molecule has 0 bridgehead atoms. The number of hydrogen-bond acceptors (Lipinski definition) is 3. The number of hydrogen-bond donors (Lipinski definition) is 2. The predicted molar refractivity (Wildman–Crippen MR) is 67.2 cm³/mol. The van der Waals surface area contributed by atoms with Crippen LogP contribution in [-0.4, -0.2) is 25.4 Å². The summed E-state index contributed by atoms with van der Waals surface area (Å²) in [7, 11) is 1.68. The summed E-state index contributed by atoms with van der Waals surface area (Å²) in [5.74, 6) is 0.922. The maximum atomic E-state index is 8.64. The van der Waals surface area contributed by atoms with Crippen LogP contribution in [0.3, 0.4) is 0 Å². The Morgan fingerprint density at radius 3 is 2.69 bits per heavy atom. The predicted octanol–water partition coefficient (Wildman–Crippen LogP) is 2.58. The van der Waals surface area contributed by atoms with Gasteiger partial charge in [-0.3, -0.25) is 0 Å². The summed E-state index contributed by atoms with van der Waals surface area (Å²) >= 11 is 0. The first-order valence-electron chi connectivity index (χ1n) is 5.77. The molecule has 0 saturated heterocycles. The fraction of sp³-hybridized carbons (Fsp3) is 0.538. The van der Waals surface area contributed by atoms with Crippen LogP contribution in [0.25, 0.3) is 0 Å². The second-order valence-corrected chi connectivity index (χ2v) is 3.90. The molecule has 3 heteroatoms. The van der Waals surface area contributed by atoms with E-state index in [1.807, 2.05) is 19.1 Å². The lowest BCUT2D eigenvalue weighted by Crippen LogP contribution is -2.02. The zero-order valence-electron chi connectivity index (χ0n) is 10.1. The van der Waals surface area contributed by atoms with Gasteiger partial charge in [-0.25, -0.2) is 0 Å². The molecule has 90 valence electrons. The van der Waals surface area contributed by atoms with Gasteiger partial charge in [0.15, 0.2) is 0 Å². The molecule has 2 N–H and O–H groups in total. The van der Waals surface area contributed by atoms with Crippen LogP contribution < -0.4 is 10.1 Å². The third kappa shape index (κ3) is 4.11. The minimum Gasteiger partial charge on any atom is -0.496 e. The average Bonchev–Trinajstić information content (AvgIpc) is 2.29. The van der Waals surface area contributed by atoms with Crippen molar-refractivity contribution < 1.29 is 9.84 Å². The highest BCUT2D eigenvalue weighted by Crippen LogP contribution is 2.21. The SMILES string of the molecule is COc1ccc(NCCCCCO)cc1C. The van der Waals surface area contributed by atoms with Crippen molar-refractivity contribution in [2.45, 2.75) is 26.2 Å². The Balaban J connectivity index is 2.34. The van der Waals surface area contributed by atoms with Gasteiger partial charge in [0.1, 0.15) is 5.75 Å². The molecular formula is C13H21NO2. The molecule has 0 aliphatic carbocycles. The normalized spacial score (nSPS) is 10.2. The lowest BCUT2D eigenvalue weighted by molar-refractivity contribution is 0.283. The summed E-state index contributed by atoms with van der Waals surface area (Å²) in [6.07, 6.45) is 3.05. The first-order valence-corrected chi connectivity index (χ1v) is 5.77. The summed E-state index contributed by atoms with van der Waals surface area (Å²) in [4.78, 5) is 0. The number of benzene rings is 1. The van der Waals surface area contributed by atoms with E-state index in [0.717, 1.165) is 42.8 Å². The molecule has 0 aliphatic rings. The van der Waals surface area contributed by atoms with Gasteiger partial charge in [0.05, 0.1) is 7.11 Å². The first-order chi connectivity index (χ1) is 7.77. The van der Waals surface area contributed by atoms with Crippen LogP contribution >= 0.6 is 0 Å². The minimum atomic E-state index is 0.293. The van der Waals surface area contributed by atoms with E-state index < -0.39 is 0 Å². The molecule has 0 aliphatic heterocycles. The molecule has 16 heavy (non-hydrogen) atoms. The Bertz CT molecular complexity index is 313. The molecule has 0 unspecified atom stereocenters. The molecule has 0 spiro atoms. The molecule has 1 rings (SSSR count). The molecule has 0 saturated carbocycles. The molecule has 0 atom stereocenters. The van der Waals surface area contributed by atoms with Crippen molar-refractivity contribution in [1.82, 2.24) is 0 Å². The maximum Gasteiger partial charge on any atom is 0.121 e. The van der Waals surface area contributed by atoms with Gasteiger partial charge in [0.25, 0.3) is 0 Å². The number of nitrogens with one attached hydrogen (secondary N) is 1. The van der Waals surface area contributed by atoms with Crippen LogP contribution in [0, 0.1) is 6.92 Å². The Kier molecular flexibility index (Phi) is 5.72. The van der Waals surface area contributed by atoms with E-state index in [1.54, 1.807) is 7.11 Å². The molecule has 3 nitrogen and oxygen atoms in total. The zero-order chi connectivity index (χ0) is 11.8. The summed E-state index contributed by atoms with van der Waals surface area (Å²) in [6, 6.07) is 6.09. The minimum absolute atomic E-state index is 0.293. The quantitative estimate of drug-likeness (QED) is 0.698. The van der Waals surface area contributed by atoms with Crippen molar-refractivity contribution in [3.8, 4) is 5.75 Å². The Labute approximate surface area is 97.4 Å². The molecular weight excluding hydrogens is 202 g/mol. The first kappa shape index (κ1) is 12.8. The van der Waals surface area contributed by atoms with Gasteiger partial charge in [0.2, 0.25) is 0 Å². The second-order valence-electron chi connectivity index (χ2n) is 3.90. The third-order valence-electron chi connectivity index (χ3n) is 2.56. The molecule has 1 aromatic carbocycles. The van der Waals surface area contributed by atoms with E-state index in [2.05, 4.69) is 11.4 Å². The van der Waals surface area contributed by atoms with Crippen LogP contribution in [0.2, 0.25) is 0 Å². The number of aliphatic hydroxyl groups excluding tert-OH is 1. The number of unbranched alkanes of at least 4 members (excludes halogenated alkanes) is 2. The number of rotatable bonds is 7. The number of methoxy groups -OCH3 is 1. The van der Waals surface area contributed by atoms with Crippen LogP contribution in [0.5, 0.6) is 5.75 Å². The second kappa shape index (κ2) is 7.12. The fourth-order valence-corrected chi connectivity index (χ4v) is 1.63. The van der Waals surface area contributed by atoms with E-state index in [1.165, 1.54) is 0 Å². The summed E-state index contributed by atoms with van der Waals surface area (Å²) in [5, 5.41) is 12.0. The number of anilines is 1. The third-order valence-corrected chi connectivity index (χ3v) is 2.56.